The Bertz CT molecular complexity index is 764. The predicted octanol–water partition coefficient (Wildman–Crippen LogP) is 3.57. The van der Waals surface area contributed by atoms with Crippen molar-refractivity contribution in [2.45, 2.75) is 26.4 Å². The molecule has 1 N–H and O–H groups in total. The second kappa shape index (κ2) is 5.84. The van der Waals surface area contributed by atoms with Gasteiger partial charge in [0.15, 0.2) is 0 Å². The van der Waals surface area contributed by atoms with Crippen molar-refractivity contribution >= 4 is 22.6 Å². The molecule has 5 heteroatoms. The lowest BCUT2D eigenvalue weighted by Crippen LogP contribution is -2.22. The van der Waals surface area contributed by atoms with Crippen molar-refractivity contribution in [2.24, 2.45) is 0 Å². The van der Waals surface area contributed by atoms with Gasteiger partial charge in [-0.2, -0.15) is 0 Å². The van der Waals surface area contributed by atoms with E-state index in [0.717, 1.165) is 28.8 Å². The number of aromatic nitrogens is 3. The third-order valence-electron chi connectivity index (χ3n) is 3.33. The molecule has 0 aliphatic heterocycles. The van der Waals surface area contributed by atoms with Crippen molar-refractivity contribution in [3.8, 4) is 5.69 Å². The Kier molecular flexibility index (Phi) is 3.90. The maximum Gasteiger partial charge on any atom is 0.113 e. The number of hydrogen-bond acceptors (Lipinski definition) is 3. The summed E-state index contributed by atoms with van der Waals surface area (Å²) in [5.74, 6) is 0. The van der Waals surface area contributed by atoms with Gasteiger partial charge in [-0.25, -0.2) is 4.68 Å². The largest absolute Gasteiger partial charge is 0.310 e. The number of benzene rings is 2. The fourth-order valence-corrected chi connectivity index (χ4v) is 2.56. The number of hydrogen-bond donors (Lipinski definition) is 1. The minimum Gasteiger partial charge on any atom is -0.310 e. The van der Waals surface area contributed by atoms with E-state index >= 15 is 0 Å². The van der Waals surface area contributed by atoms with Crippen LogP contribution in [0.15, 0.2) is 42.5 Å². The summed E-state index contributed by atoms with van der Waals surface area (Å²) in [6, 6.07) is 14.2. The van der Waals surface area contributed by atoms with Gasteiger partial charge in [0.1, 0.15) is 5.52 Å². The van der Waals surface area contributed by atoms with Gasteiger partial charge in [0.25, 0.3) is 0 Å². The molecule has 0 amide bonds. The standard InChI is InChI=1S/C16H17ClN4/c1-11(2)18-10-12-6-5-7-13(17)16(12)21-15-9-4-3-8-14(15)19-20-21/h3-9,11,18H,10H2,1-2H3. The second-order valence-electron chi connectivity index (χ2n) is 5.27. The lowest BCUT2D eigenvalue weighted by atomic mass is 10.1. The van der Waals surface area contributed by atoms with E-state index in [1.54, 1.807) is 0 Å². The molecule has 1 aromatic heterocycles. The number of para-hydroxylation sites is 2. The molecule has 2 aromatic carbocycles. The Morgan fingerprint density at radius 1 is 1.14 bits per heavy atom. The average Bonchev–Trinajstić information content (AvgIpc) is 2.89. The number of nitrogens with zero attached hydrogens (tertiary/aromatic N) is 3. The van der Waals surface area contributed by atoms with E-state index in [1.165, 1.54) is 0 Å². The summed E-state index contributed by atoms with van der Waals surface area (Å²) in [5.41, 5.74) is 3.81. The Morgan fingerprint density at radius 3 is 2.76 bits per heavy atom. The van der Waals surface area contributed by atoms with Crippen molar-refractivity contribution in [3.05, 3.63) is 53.1 Å². The molecule has 0 bridgehead atoms. The molecule has 108 valence electrons. The fraction of sp³-hybridized carbons (Fsp3) is 0.250. The highest BCUT2D eigenvalue weighted by atomic mass is 35.5. The lowest BCUT2D eigenvalue weighted by molar-refractivity contribution is 0.586. The summed E-state index contributed by atoms with van der Waals surface area (Å²) >= 11 is 6.42. The van der Waals surface area contributed by atoms with Gasteiger partial charge < -0.3 is 5.32 Å². The SMILES string of the molecule is CC(C)NCc1cccc(Cl)c1-n1nnc2ccccc21. The quantitative estimate of drug-likeness (QED) is 0.801. The van der Waals surface area contributed by atoms with Gasteiger partial charge in [-0.3, -0.25) is 0 Å². The van der Waals surface area contributed by atoms with Crippen LogP contribution in [0.1, 0.15) is 19.4 Å². The van der Waals surface area contributed by atoms with Crippen LogP contribution in [0.25, 0.3) is 16.7 Å². The molecule has 1 heterocycles. The highest BCUT2D eigenvalue weighted by molar-refractivity contribution is 6.32. The van der Waals surface area contributed by atoms with Gasteiger partial charge in [0.05, 0.1) is 16.2 Å². The molecule has 3 aromatic rings. The minimum atomic E-state index is 0.407. The Hall–Kier alpha value is -1.91. The number of rotatable bonds is 4. The van der Waals surface area contributed by atoms with Crippen molar-refractivity contribution in [1.29, 1.82) is 0 Å². The number of halogens is 1. The maximum absolute atomic E-state index is 6.42. The Morgan fingerprint density at radius 2 is 1.95 bits per heavy atom. The van der Waals surface area contributed by atoms with E-state index in [4.69, 9.17) is 11.6 Å². The summed E-state index contributed by atoms with van der Waals surface area (Å²) in [6.45, 7) is 4.98. The maximum atomic E-state index is 6.42. The van der Waals surface area contributed by atoms with Crippen LogP contribution in [0, 0.1) is 0 Å². The summed E-state index contributed by atoms with van der Waals surface area (Å²) in [7, 11) is 0. The zero-order chi connectivity index (χ0) is 14.8. The molecular weight excluding hydrogens is 284 g/mol. The molecule has 0 spiro atoms. The monoisotopic (exact) mass is 300 g/mol. The van der Waals surface area contributed by atoms with Gasteiger partial charge in [0.2, 0.25) is 0 Å². The van der Waals surface area contributed by atoms with Gasteiger partial charge in [-0.15, -0.1) is 5.10 Å². The lowest BCUT2D eigenvalue weighted by Gasteiger charge is -2.14. The highest BCUT2D eigenvalue weighted by Gasteiger charge is 2.13. The predicted molar refractivity (Wildman–Crippen MR) is 85.9 cm³/mol. The molecule has 0 saturated heterocycles. The smallest absolute Gasteiger partial charge is 0.113 e. The van der Waals surface area contributed by atoms with Crippen LogP contribution in [-0.4, -0.2) is 21.0 Å². The van der Waals surface area contributed by atoms with Crippen molar-refractivity contribution in [3.63, 3.8) is 0 Å². The molecule has 4 nitrogen and oxygen atoms in total. The minimum absolute atomic E-state index is 0.407. The molecule has 3 rings (SSSR count). The Balaban J connectivity index is 2.12. The molecule has 0 unspecified atom stereocenters. The van der Waals surface area contributed by atoms with Gasteiger partial charge >= 0.3 is 0 Å². The molecular formula is C16H17ClN4. The van der Waals surface area contributed by atoms with E-state index in [-0.39, 0.29) is 0 Å². The summed E-state index contributed by atoms with van der Waals surface area (Å²) in [4.78, 5) is 0. The van der Waals surface area contributed by atoms with Gasteiger partial charge in [-0.05, 0) is 23.8 Å². The molecule has 0 atom stereocenters. The normalized spacial score (nSPS) is 11.4. The topological polar surface area (TPSA) is 42.7 Å². The third-order valence-corrected chi connectivity index (χ3v) is 3.64. The summed E-state index contributed by atoms with van der Waals surface area (Å²) in [6.07, 6.45) is 0. The molecule has 0 radical (unpaired) electrons. The highest BCUT2D eigenvalue weighted by Crippen LogP contribution is 2.26. The van der Waals surface area contributed by atoms with E-state index in [9.17, 15) is 0 Å². The molecule has 0 fully saturated rings. The zero-order valence-corrected chi connectivity index (χ0v) is 12.8. The van der Waals surface area contributed by atoms with Crippen LogP contribution in [-0.2, 0) is 6.54 Å². The van der Waals surface area contributed by atoms with Gasteiger partial charge in [-0.1, -0.05) is 54.9 Å². The first-order valence-corrected chi connectivity index (χ1v) is 7.36. The van der Waals surface area contributed by atoms with Crippen LogP contribution >= 0.6 is 11.6 Å². The molecule has 0 aliphatic carbocycles. The third kappa shape index (κ3) is 2.77. The molecule has 0 saturated carbocycles. The van der Waals surface area contributed by atoms with Crippen LogP contribution in [0.3, 0.4) is 0 Å². The van der Waals surface area contributed by atoms with E-state index in [0.29, 0.717) is 11.1 Å². The second-order valence-corrected chi connectivity index (χ2v) is 5.68. The van der Waals surface area contributed by atoms with Crippen LogP contribution in [0.4, 0.5) is 0 Å². The van der Waals surface area contributed by atoms with Crippen molar-refractivity contribution in [1.82, 2.24) is 20.3 Å². The van der Waals surface area contributed by atoms with Gasteiger partial charge in [0, 0.05) is 12.6 Å². The molecule has 21 heavy (non-hydrogen) atoms. The Labute approximate surface area is 128 Å². The van der Waals surface area contributed by atoms with Crippen molar-refractivity contribution in [2.75, 3.05) is 0 Å². The van der Waals surface area contributed by atoms with E-state index < -0.39 is 0 Å². The van der Waals surface area contributed by atoms with Crippen LogP contribution in [0.5, 0.6) is 0 Å². The first kappa shape index (κ1) is 14.0. The molecule has 0 aliphatic rings. The zero-order valence-electron chi connectivity index (χ0n) is 12.0. The van der Waals surface area contributed by atoms with E-state index in [1.807, 2.05) is 41.1 Å². The van der Waals surface area contributed by atoms with E-state index in [2.05, 4.69) is 35.5 Å². The first-order chi connectivity index (χ1) is 10.2. The summed E-state index contributed by atoms with van der Waals surface area (Å²) < 4.78 is 1.81. The summed E-state index contributed by atoms with van der Waals surface area (Å²) in [5, 5.41) is 12.6. The van der Waals surface area contributed by atoms with Crippen LogP contribution < -0.4 is 5.32 Å². The fourth-order valence-electron chi connectivity index (χ4n) is 2.29. The van der Waals surface area contributed by atoms with Crippen LogP contribution in [0.2, 0.25) is 5.02 Å². The number of nitrogens with one attached hydrogen (secondary N) is 1. The number of fused-ring (bicyclic) bond motifs is 1. The van der Waals surface area contributed by atoms with Crippen molar-refractivity contribution < 1.29 is 0 Å². The first-order valence-electron chi connectivity index (χ1n) is 6.98. The average molecular weight is 301 g/mol.